The zero-order valence-electron chi connectivity index (χ0n) is 18.4. The van der Waals surface area contributed by atoms with E-state index in [2.05, 4.69) is 16.1 Å². The molecular weight excluding hydrogens is 384 g/mol. The highest BCUT2D eigenvalue weighted by molar-refractivity contribution is 5.91. The topological polar surface area (TPSA) is 82.2 Å². The van der Waals surface area contributed by atoms with E-state index in [1.807, 2.05) is 20.8 Å². The molecular formula is C22H34N4O4. The lowest BCUT2D eigenvalue weighted by atomic mass is 9.90. The first-order valence-electron chi connectivity index (χ1n) is 10.9. The molecule has 2 aliphatic heterocycles. The molecule has 0 unspecified atom stereocenters. The van der Waals surface area contributed by atoms with Gasteiger partial charge in [0.15, 0.2) is 0 Å². The van der Waals surface area contributed by atoms with Crippen molar-refractivity contribution in [2.45, 2.75) is 70.1 Å². The van der Waals surface area contributed by atoms with Gasteiger partial charge in [0, 0.05) is 45.2 Å². The average Bonchev–Trinajstić information content (AvgIpc) is 3.36. The zero-order chi connectivity index (χ0) is 21.9. The van der Waals surface area contributed by atoms with E-state index in [0.29, 0.717) is 58.2 Å². The maximum Gasteiger partial charge on any atom is 0.411 e. The van der Waals surface area contributed by atoms with Gasteiger partial charge in [-0.15, -0.1) is 12.3 Å². The minimum absolute atomic E-state index is 0.0490. The zero-order valence-corrected chi connectivity index (χ0v) is 18.4. The maximum absolute atomic E-state index is 13.6. The van der Waals surface area contributed by atoms with Crippen molar-refractivity contribution in [2.24, 2.45) is 0 Å². The van der Waals surface area contributed by atoms with E-state index in [-0.39, 0.29) is 18.2 Å². The summed E-state index contributed by atoms with van der Waals surface area (Å²) < 4.78 is 5.55. The first kappa shape index (κ1) is 22.4. The Morgan fingerprint density at radius 1 is 1.13 bits per heavy atom. The van der Waals surface area contributed by atoms with Crippen molar-refractivity contribution in [2.75, 3.05) is 39.3 Å². The van der Waals surface area contributed by atoms with Crippen molar-refractivity contribution in [1.29, 1.82) is 0 Å². The molecule has 3 amide bonds. The molecule has 0 radical (unpaired) electrons. The molecule has 8 nitrogen and oxygen atoms in total. The van der Waals surface area contributed by atoms with Crippen molar-refractivity contribution in [3.05, 3.63) is 0 Å². The van der Waals surface area contributed by atoms with Crippen molar-refractivity contribution < 1.29 is 19.1 Å². The molecule has 0 aromatic heterocycles. The summed E-state index contributed by atoms with van der Waals surface area (Å²) in [5.74, 6) is 2.56. The number of hydrogen-bond donors (Lipinski definition) is 1. The number of amides is 3. The molecule has 1 atom stereocenters. The van der Waals surface area contributed by atoms with Crippen LogP contribution in [-0.4, -0.2) is 89.1 Å². The molecule has 166 valence electrons. The van der Waals surface area contributed by atoms with Gasteiger partial charge in [0.05, 0.1) is 6.54 Å². The van der Waals surface area contributed by atoms with Crippen LogP contribution in [0.1, 0.15) is 52.9 Å². The molecule has 0 aromatic carbocycles. The molecule has 1 N–H and O–H groups in total. The Balaban J connectivity index is 1.63. The van der Waals surface area contributed by atoms with Gasteiger partial charge in [-0.2, -0.15) is 0 Å². The SMILES string of the molecule is C#CC[C@]1(C(=O)N2CCN(CC(=O)NC3CC3)CC2)CCCN1C(=O)OC(C)(C)C. The van der Waals surface area contributed by atoms with Crippen LogP contribution in [0.25, 0.3) is 0 Å². The minimum Gasteiger partial charge on any atom is -0.444 e. The van der Waals surface area contributed by atoms with Crippen LogP contribution in [0.5, 0.6) is 0 Å². The number of carbonyl (C=O) groups excluding carboxylic acids is 3. The molecule has 0 aromatic rings. The molecule has 3 rings (SSSR count). The molecule has 0 spiro atoms. The van der Waals surface area contributed by atoms with E-state index in [4.69, 9.17) is 11.2 Å². The van der Waals surface area contributed by atoms with Crippen LogP contribution in [0.15, 0.2) is 0 Å². The van der Waals surface area contributed by atoms with Gasteiger partial charge in [0.25, 0.3) is 0 Å². The van der Waals surface area contributed by atoms with E-state index < -0.39 is 17.2 Å². The summed E-state index contributed by atoms with van der Waals surface area (Å²) >= 11 is 0. The fourth-order valence-electron chi connectivity index (χ4n) is 4.22. The predicted molar refractivity (Wildman–Crippen MR) is 113 cm³/mol. The Hall–Kier alpha value is -2.27. The lowest BCUT2D eigenvalue weighted by Crippen LogP contribution is -2.62. The second-order valence-corrected chi connectivity index (χ2v) is 9.56. The van der Waals surface area contributed by atoms with Crippen LogP contribution in [0.3, 0.4) is 0 Å². The molecule has 30 heavy (non-hydrogen) atoms. The highest BCUT2D eigenvalue weighted by Crippen LogP contribution is 2.36. The van der Waals surface area contributed by atoms with E-state index in [0.717, 1.165) is 12.8 Å². The summed E-state index contributed by atoms with van der Waals surface area (Å²) in [7, 11) is 0. The van der Waals surface area contributed by atoms with Gasteiger partial charge in [-0.3, -0.25) is 19.4 Å². The number of rotatable bonds is 5. The monoisotopic (exact) mass is 418 g/mol. The van der Waals surface area contributed by atoms with Gasteiger partial charge in [-0.05, 0) is 46.5 Å². The average molecular weight is 419 g/mol. The Morgan fingerprint density at radius 2 is 1.80 bits per heavy atom. The summed E-state index contributed by atoms with van der Waals surface area (Å²) in [4.78, 5) is 43.8. The first-order valence-corrected chi connectivity index (χ1v) is 10.9. The molecule has 3 aliphatic rings. The van der Waals surface area contributed by atoms with Gasteiger partial charge in [-0.25, -0.2) is 4.79 Å². The predicted octanol–water partition coefficient (Wildman–Crippen LogP) is 1.20. The second-order valence-electron chi connectivity index (χ2n) is 9.56. The summed E-state index contributed by atoms with van der Waals surface area (Å²) in [6.07, 6.45) is 8.70. The molecule has 2 saturated heterocycles. The minimum atomic E-state index is -1.04. The Kier molecular flexibility index (Phi) is 6.61. The fraction of sp³-hybridized carbons (Fsp3) is 0.773. The summed E-state index contributed by atoms with van der Waals surface area (Å²) in [6.45, 7) is 8.54. The van der Waals surface area contributed by atoms with Gasteiger partial charge < -0.3 is 15.0 Å². The number of nitrogens with one attached hydrogen (secondary N) is 1. The maximum atomic E-state index is 13.6. The Bertz CT molecular complexity index is 714. The molecule has 2 heterocycles. The van der Waals surface area contributed by atoms with E-state index in [1.165, 1.54) is 4.90 Å². The van der Waals surface area contributed by atoms with Crippen LogP contribution < -0.4 is 5.32 Å². The van der Waals surface area contributed by atoms with Crippen molar-refractivity contribution in [3.8, 4) is 12.3 Å². The third-order valence-electron chi connectivity index (χ3n) is 5.86. The number of likely N-dealkylation sites (tertiary alicyclic amines) is 1. The third kappa shape index (κ3) is 5.25. The number of nitrogens with zero attached hydrogens (tertiary/aromatic N) is 3. The van der Waals surface area contributed by atoms with Crippen LogP contribution >= 0.6 is 0 Å². The van der Waals surface area contributed by atoms with Crippen LogP contribution in [-0.2, 0) is 14.3 Å². The fourth-order valence-corrected chi connectivity index (χ4v) is 4.22. The number of hydrogen-bond acceptors (Lipinski definition) is 5. The standard InChI is InChI=1S/C22H34N4O4/c1-5-9-22(10-6-11-26(22)20(29)30-21(2,3)4)19(28)25-14-12-24(13-15-25)16-18(27)23-17-7-8-17/h1,17H,6-16H2,2-4H3,(H,23,27)/t22-/m1/s1. The number of piperazine rings is 1. The first-order chi connectivity index (χ1) is 14.1. The molecule has 3 fully saturated rings. The van der Waals surface area contributed by atoms with Crippen LogP contribution in [0.4, 0.5) is 4.79 Å². The molecule has 0 bridgehead atoms. The highest BCUT2D eigenvalue weighted by Gasteiger charge is 2.52. The van der Waals surface area contributed by atoms with E-state index >= 15 is 0 Å². The van der Waals surface area contributed by atoms with Gasteiger partial charge in [0.2, 0.25) is 11.8 Å². The van der Waals surface area contributed by atoms with E-state index in [9.17, 15) is 14.4 Å². The van der Waals surface area contributed by atoms with Crippen LogP contribution in [0, 0.1) is 12.3 Å². The number of ether oxygens (including phenoxy) is 1. The Morgan fingerprint density at radius 3 is 2.37 bits per heavy atom. The van der Waals surface area contributed by atoms with Crippen molar-refractivity contribution >= 4 is 17.9 Å². The lowest BCUT2D eigenvalue weighted by molar-refractivity contribution is -0.144. The normalized spacial score (nSPS) is 25.0. The molecule has 8 heteroatoms. The largest absolute Gasteiger partial charge is 0.444 e. The van der Waals surface area contributed by atoms with Crippen molar-refractivity contribution in [1.82, 2.24) is 20.0 Å². The summed E-state index contributed by atoms with van der Waals surface area (Å²) in [5.41, 5.74) is -1.68. The summed E-state index contributed by atoms with van der Waals surface area (Å²) in [6, 6.07) is 0.352. The summed E-state index contributed by atoms with van der Waals surface area (Å²) in [5, 5.41) is 3.00. The van der Waals surface area contributed by atoms with Gasteiger partial charge in [0.1, 0.15) is 11.1 Å². The third-order valence-corrected chi connectivity index (χ3v) is 5.86. The number of terminal acetylenes is 1. The second kappa shape index (κ2) is 8.84. The highest BCUT2D eigenvalue weighted by atomic mass is 16.6. The van der Waals surface area contributed by atoms with Gasteiger partial charge in [-0.1, -0.05) is 0 Å². The molecule has 1 saturated carbocycles. The number of carbonyl (C=O) groups is 3. The van der Waals surface area contributed by atoms with Crippen molar-refractivity contribution in [3.63, 3.8) is 0 Å². The Labute approximate surface area is 179 Å². The quantitative estimate of drug-likeness (QED) is 0.679. The lowest BCUT2D eigenvalue weighted by Gasteiger charge is -2.42. The van der Waals surface area contributed by atoms with Gasteiger partial charge >= 0.3 is 6.09 Å². The van der Waals surface area contributed by atoms with E-state index in [1.54, 1.807) is 4.90 Å². The smallest absolute Gasteiger partial charge is 0.411 e. The van der Waals surface area contributed by atoms with Crippen LogP contribution in [0.2, 0.25) is 0 Å². The molecule has 1 aliphatic carbocycles.